The average molecular weight is 609 g/mol. The minimum Gasteiger partial charge on any atom is -0.480 e. The number of benzene rings is 2. The van der Waals surface area contributed by atoms with Crippen molar-refractivity contribution < 1.29 is 37.5 Å². The summed E-state index contributed by atoms with van der Waals surface area (Å²) in [5, 5.41) is 16.1. The second-order valence-corrected chi connectivity index (χ2v) is 13.9. The Morgan fingerprint density at radius 3 is 2.30 bits per heavy atom. The van der Waals surface area contributed by atoms with Gasteiger partial charge in [0, 0.05) is 9.77 Å². The number of carbonyl (C=O) groups excluding carboxylic acids is 4. The monoisotopic (exact) mass is 608 g/mol. The molecule has 2 aliphatic rings. The van der Waals surface area contributed by atoms with Gasteiger partial charge < -0.3 is 20.6 Å². The highest BCUT2D eigenvalue weighted by Crippen LogP contribution is 2.50. The number of sulfone groups is 1. The Hall–Kier alpha value is -3.62. The second kappa shape index (κ2) is 11.1. The normalized spacial score (nSPS) is 21.9. The number of carboxylic acid groups (broad SMARTS) is 1. The van der Waals surface area contributed by atoms with Crippen LogP contribution in [0.1, 0.15) is 25.5 Å². The number of rotatable bonds is 8. The van der Waals surface area contributed by atoms with Crippen LogP contribution in [0.3, 0.4) is 0 Å². The van der Waals surface area contributed by atoms with E-state index in [2.05, 4.69) is 10.6 Å². The zero-order chi connectivity index (χ0) is 29.4. The number of thioether (sulfide) groups is 1. The molecule has 0 spiro atoms. The zero-order valence-corrected chi connectivity index (χ0v) is 23.5. The number of carboxylic acids is 1. The number of urea groups is 1. The standard InChI is InChI=1S/C25H25ClN4O8S2/c1-25(2)19(23(34)35)30-21(33)18(22(30)39-25)28-20(32)17(13-6-4-3-5-7-13)29-24(36)27-16(31)12-40(37,38)15-10-8-14(26)9-11-15/h3-11,17-19,22H,12H2,1-2H3,(H,28,32)(H,34,35)(H2,27,29,31,36)/t17?,18-,19+,22-/m1/s1. The molecule has 2 aromatic rings. The smallest absolute Gasteiger partial charge is 0.327 e. The maximum atomic E-state index is 13.3. The van der Waals surface area contributed by atoms with Gasteiger partial charge in [0.05, 0.1) is 4.90 Å². The molecule has 2 heterocycles. The first kappa shape index (κ1) is 29.4. The van der Waals surface area contributed by atoms with Crippen LogP contribution >= 0.6 is 23.4 Å². The molecule has 4 N–H and O–H groups in total. The summed E-state index contributed by atoms with van der Waals surface area (Å²) in [6.45, 7) is 3.40. The van der Waals surface area contributed by atoms with Gasteiger partial charge in [-0.15, -0.1) is 11.8 Å². The van der Waals surface area contributed by atoms with Crippen molar-refractivity contribution in [2.45, 2.75) is 47.0 Å². The van der Waals surface area contributed by atoms with E-state index in [4.69, 9.17) is 11.6 Å². The SMILES string of the molecule is CC1(C)S[C@@H]2[C@H](NC(=O)C(NC(=O)NC(=O)CS(=O)(=O)c3ccc(Cl)cc3)c3ccccc3)C(=O)N2[C@H]1C(=O)O. The molecule has 2 aliphatic heterocycles. The summed E-state index contributed by atoms with van der Waals surface area (Å²) in [7, 11) is -4.08. The van der Waals surface area contributed by atoms with Gasteiger partial charge >= 0.3 is 12.0 Å². The van der Waals surface area contributed by atoms with Gasteiger partial charge in [-0.3, -0.25) is 19.7 Å². The number of amides is 5. The number of β-lactam (4-membered cyclic amide) rings is 1. The summed E-state index contributed by atoms with van der Waals surface area (Å²) in [6.07, 6.45) is 0. The predicted molar refractivity (Wildman–Crippen MR) is 145 cm³/mol. The molecule has 0 bridgehead atoms. The van der Waals surface area contributed by atoms with Crippen molar-refractivity contribution in [3.8, 4) is 0 Å². The van der Waals surface area contributed by atoms with Crippen LogP contribution in [0, 0.1) is 0 Å². The van der Waals surface area contributed by atoms with Gasteiger partial charge in [-0.25, -0.2) is 18.0 Å². The molecule has 1 unspecified atom stereocenters. The van der Waals surface area contributed by atoms with Gasteiger partial charge in [-0.05, 0) is 43.7 Å². The molecule has 4 atom stereocenters. The quantitative estimate of drug-likeness (QED) is 0.321. The lowest BCUT2D eigenvalue weighted by molar-refractivity contribution is -0.161. The summed E-state index contributed by atoms with van der Waals surface area (Å²) in [6, 6.07) is 8.56. The van der Waals surface area contributed by atoms with Crippen molar-refractivity contribution in [3.63, 3.8) is 0 Å². The van der Waals surface area contributed by atoms with Crippen molar-refractivity contribution in [2.24, 2.45) is 0 Å². The van der Waals surface area contributed by atoms with Crippen molar-refractivity contribution in [1.29, 1.82) is 0 Å². The summed E-state index contributed by atoms with van der Waals surface area (Å²) in [4.78, 5) is 63.9. The Kier molecular flexibility index (Phi) is 8.15. The van der Waals surface area contributed by atoms with E-state index in [0.717, 1.165) is 0 Å². The Labute approximate surface area is 238 Å². The van der Waals surface area contributed by atoms with Crippen molar-refractivity contribution in [1.82, 2.24) is 20.9 Å². The topological polar surface area (TPSA) is 179 Å². The molecular formula is C25H25ClN4O8S2. The minimum atomic E-state index is -4.08. The first-order valence-corrected chi connectivity index (χ1v) is 14.8. The molecule has 12 nitrogen and oxygen atoms in total. The molecule has 2 saturated heterocycles. The molecular weight excluding hydrogens is 584 g/mol. The second-order valence-electron chi connectivity index (χ2n) is 9.66. The minimum absolute atomic E-state index is 0.161. The van der Waals surface area contributed by atoms with Crippen LogP contribution < -0.4 is 16.0 Å². The fourth-order valence-electron chi connectivity index (χ4n) is 4.56. The van der Waals surface area contributed by atoms with E-state index in [9.17, 15) is 37.5 Å². The maximum Gasteiger partial charge on any atom is 0.327 e. The van der Waals surface area contributed by atoms with Crippen LogP contribution in [0.25, 0.3) is 0 Å². The first-order valence-electron chi connectivity index (χ1n) is 11.9. The summed E-state index contributed by atoms with van der Waals surface area (Å²) < 4.78 is 24.2. The number of hydrogen-bond donors (Lipinski definition) is 4. The number of fused-ring (bicyclic) bond motifs is 1. The van der Waals surface area contributed by atoms with Crippen LogP contribution in [-0.4, -0.2) is 76.1 Å². The number of hydrogen-bond acceptors (Lipinski definition) is 8. The van der Waals surface area contributed by atoms with Crippen molar-refractivity contribution in [2.75, 3.05) is 5.75 Å². The molecule has 0 saturated carbocycles. The fraction of sp³-hybridized carbons (Fsp3) is 0.320. The molecule has 0 aromatic heterocycles. The highest BCUT2D eigenvalue weighted by atomic mass is 35.5. The number of carbonyl (C=O) groups is 5. The van der Waals surface area contributed by atoms with E-state index in [1.807, 2.05) is 5.32 Å². The van der Waals surface area contributed by atoms with E-state index in [-0.39, 0.29) is 4.90 Å². The third-order valence-electron chi connectivity index (χ3n) is 6.39. The average Bonchev–Trinajstić information content (AvgIpc) is 3.13. The lowest BCUT2D eigenvalue weighted by Crippen LogP contribution is -2.71. The molecule has 5 amide bonds. The van der Waals surface area contributed by atoms with Gasteiger partial charge in [-0.1, -0.05) is 41.9 Å². The Bertz CT molecular complexity index is 1470. The Morgan fingerprint density at radius 2 is 1.70 bits per heavy atom. The van der Waals surface area contributed by atoms with Crippen molar-refractivity contribution >= 4 is 62.9 Å². The lowest BCUT2D eigenvalue weighted by Gasteiger charge is -2.44. The molecule has 4 rings (SSSR count). The van der Waals surface area contributed by atoms with E-state index in [0.29, 0.717) is 10.6 Å². The van der Waals surface area contributed by atoms with E-state index < -0.39 is 73.6 Å². The molecule has 15 heteroatoms. The number of halogens is 1. The molecule has 2 aromatic carbocycles. The number of aliphatic carboxylic acids is 1. The van der Waals surface area contributed by atoms with Gasteiger partial charge in [0.25, 0.3) is 0 Å². The Morgan fingerprint density at radius 1 is 1.07 bits per heavy atom. The van der Waals surface area contributed by atoms with Gasteiger partial charge in [0.2, 0.25) is 17.7 Å². The Balaban J connectivity index is 1.44. The number of nitrogens with zero attached hydrogens (tertiary/aromatic N) is 1. The van der Waals surface area contributed by atoms with Crippen LogP contribution in [0.4, 0.5) is 4.79 Å². The van der Waals surface area contributed by atoms with E-state index in [1.54, 1.807) is 44.2 Å². The third kappa shape index (κ3) is 5.93. The molecule has 0 radical (unpaired) electrons. The van der Waals surface area contributed by atoms with Crippen LogP contribution in [0.15, 0.2) is 59.5 Å². The molecule has 40 heavy (non-hydrogen) atoms. The first-order chi connectivity index (χ1) is 18.7. The van der Waals surface area contributed by atoms with Gasteiger partial charge in [-0.2, -0.15) is 0 Å². The number of nitrogens with one attached hydrogen (secondary N) is 3. The van der Waals surface area contributed by atoms with Gasteiger partial charge in [0.1, 0.15) is 29.3 Å². The predicted octanol–water partition coefficient (Wildman–Crippen LogP) is 1.31. The van der Waals surface area contributed by atoms with Crippen molar-refractivity contribution in [3.05, 3.63) is 65.2 Å². The maximum absolute atomic E-state index is 13.3. The van der Waals surface area contributed by atoms with Crippen LogP contribution in [0.2, 0.25) is 5.02 Å². The lowest BCUT2D eigenvalue weighted by atomic mass is 9.95. The summed E-state index contributed by atoms with van der Waals surface area (Å²) in [5.74, 6) is -4.66. The largest absolute Gasteiger partial charge is 0.480 e. The molecule has 0 aliphatic carbocycles. The van der Waals surface area contributed by atoms with E-state index in [1.165, 1.54) is 40.9 Å². The van der Waals surface area contributed by atoms with Crippen LogP contribution in [0.5, 0.6) is 0 Å². The molecule has 2 fully saturated rings. The van der Waals surface area contributed by atoms with Gasteiger partial charge in [0.15, 0.2) is 9.84 Å². The van der Waals surface area contributed by atoms with Crippen LogP contribution in [-0.2, 0) is 29.0 Å². The highest BCUT2D eigenvalue weighted by Gasteiger charge is 2.64. The van der Waals surface area contributed by atoms with E-state index >= 15 is 0 Å². The third-order valence-corrected chi connectivity index (χ3v) is 9.85. The summed E-state index contributed by atoms with van der Waals surface area (Å²) >= 11 is 7.01. The fourth-order valence-corrected chi connectivity index (χ4v) is 7.44. The number of imide groups is 1. The summed E-state index contributed by atoms with van der Waals surface area (Å²) in [5.41, 5.74) is 0.322. The zero-order valence-electron chi connectivity index (χ0n) is 21.2. The molecule has 212 valence electrons. The highest BCUT2D eigenvalue weighted by molar-refractivity contribution is 8.01.